The normalized spacial score (nSPS) is 11.6. The Morgan fingerprint density at radius 3 is 2.50 bits per heavy atom. The Morgan fingerprint density at radius 2 is 2.00 bits per heavy atom. The predicted molar refractivity (Wildman–Crippen MR) is 59.8 cm³/mol. The Hall–Kier alpha value is -1.31. The van der Waals surface area contributed by atoms with E-state index in [1.807, 2.05) is 0 Å². The van der Waals surface area contributed by atoms with E-state index in [1.165, 1.54) is 11.1 Å². The van der Waals surface area contributed by atoms with Gasteiger partial charge < -0.3 is 4.84 Å². The molecule has 1 aromatic rings. The molecule has 14 heavy (non-hydrogen) atoms. The van der Waals surface area contributed by atoms with Gasteiger partial charge in [-0.1, -0.05) is 24.2 Å². The predicted octanol–water partition coefficient (Wildman–Crippen LogP) is 3.06. The van der Waals surface area contributed by atoms with E-state index in [4.69, 9.17) is 4.84 Å². The Kier molecular flexibility index (Phi) is 3.69. The molecule has 0 fully saturated rings. The molecular weight excluding hydrogens is 174 g/mol. The number of rotatable bonds is 3. The molecule has 0 radical (unpaired) electrons. The van der Waals surface area contributed by atoms with Crippen LogP contribution in [0.2, 0.25) is 0 Å². The number of hydrogen-bond acceptors (Lipinski definition) is 2. The largest absolute Gasteiger partial charge is 0.399 e. The van der Waals surface area contributed by atoms with Gasteiger partial charge in [0.15, 0.2) is 0 Å². The molecular formula is C12H17NO. The average molecular weight is 191 g/mol. The first kappa shape index (κ1) is 10.8. The highest BCUT2D eigenvalue weighted by Gasteiger charge is 2.02. The molecule has 0 unspecified atom stereocenters. The Labute approximate surface area is 85.6 Å². The highest BCUT2D eigenvalue weighted by atomic mass is 16.6. The molecule has 0 aliphatic heterocycles. The second-order valence-electron chi connectivity index (χ2n) is 3.37. The second kappa shape index (κ2) is 4.80. The lowest BCUT2D eigenvalue weighted by Crippen LogP contribution is -2.00. The van der Waals surface area contributed by atoms with Crippen molar-refractivity contribution in [1.29, 1.82) is 0 Å². The van der Waals surface area contributed by atoms with Gasteiger partial charge >= 0.3 is 0 Å². The molecule has 1 aromatic carbocycles. The van der Waals surface area contributed by atoms with Crippen molar-refractivity contribution in [2.24, 2.45) is 5.16 Å². The molecule has 0 bridgehead atoms. The van der Waals surface area contributed by atoms with Gasteiger partial charge in [0.25, 0.3) is 0 Å². The summed E-state index contributed by atoms with van der Waals surface area (Å²) in [6, 6.07) is 6.35. The Balaban J connectivity index is 3.06. The van der Waals surface area contributed by atoms with Crippen molar-refractivity contribution in [2.45, 2.75) is 27.2 Å². The first-order chi connectivity index (χ1) is 6.69. The quantitative estimate of drug-likeness (QED) is 0.531. The van der Waals surface area contributed by atoms with E-state index < -0.39 is 0 Å². The highest BCUT2D eigenvalue weighted by molar-refractivity contribution is 6.00. The summed E-state index contributed by atoms with van der Waals surface area (Å²) in [5, 5.41) is 4.00. The van der Waals surface area contributed by atoms with E-state index in [0.29, 0.717) is 0 Å². The zero-order valence-corrected chi connectivity index (χ0v) is 9.29. The molecule has 0 amide bonds. The zero-order chi connectivity index (χ0) is 10.6. The monoisotopic (exact) mass is 191 g/mol. The molecule has 0 atom stereocenters. The second-order valence-corrected chi connectivity index (χ2v) is 3.37. The summed E-state index contributed by atoms with van der Waals surface area (Å²) in [4.78, 5) is 4.81. The van der Waals surface area contributed by atoms with Gasteiger partial charge in [0.05, 0.1) is 5.71 Å². The molecule has 0 saturated heterocycles. The lowest BCUT2D eigenvalue weighted by Gasteiger charge is -2.06. The van der Waals surface area contributed by atoms with Crippen LogP contribution in [0.5, 0.6) is 0 Å². The minimum Gasteiger partial charge on any atom is -0.399 e. The molecule has 2 nitrogen and oxygen atoms in total. The molecule has 0 heterocycles. The maximum Gasteiger partial charge on any atom is 0.106 e. The van der Waals surface area contributed by atoms with Crippen LogP contribution in [-0.2, 0) is 4.84 Å². The average Bonchev–Trinajstić information content (AvgIpc) is 2.19. The first-order valence-electron chi connectivity index (χ1n) is 4.86. The third-order valence-electron chi connectivity index (χ3n) is 2.38. The van der Waals surface area contributed by atoms with Crippen LogP contribution in [-0.4, -0.2) is 12.8 Å². The third-order valence-corrected chi connectivity index (χ3v) is 2.38. The number of aryl methyl sites for hydroxylation is 2. The fourth-order valence-corrected chi connectivity index (χ4v) is 1.35. The van der Waals surface area contributed by atoms with Crippen LogP contribution in [0.3, 0.4) is 0 Å². The summed E-state index contributed by atoms with van der Waals surface area (Å²) in [5.41, 5.74) is 4.74. The van der Waals surface area contributed by atoms with Crippen molar-refractivity contribution in [3.05, 3.63) is 34.9 Å². The topological polar surface area (TPSA) is 21.6 Å². The summed E-state index contributed by atoms with van der Waals surface area (Å²) in [5.74, 6) is 0. The molecule has 0 aliphatic rings. The van der Waals surface area contributed by atoms with E-state index in [1.54, 1.807) is 7.11 Å². The van der Waals surface area contributed by atoms with Crippen molar-refractivity contribution >= 4 is 5.71 Å². The summed E-state index contributed by atoms with van der Waals surface area (Å²) in [6.45, 7) is 6.30. The van der Waals surface area contributed by atoms with Gasteiger partial charge in [-0.05, 0) is 43.0 Å². The van der Waals surface area contributed by atoms with E-state index in [0.717, 1.165) is 17.7 Å². The van der Waals surface area contributed by atoms with Crippen LogP contribution in [0.1, 0.15) is 30.0 Å². The molecule has 0 spiro atoms. The van der Waals surface area contributed by atoms with Crippen molar-refractivity contribution < 1.29 is 4.84 Å². The highest BCUT2D eigenvalue weighted by Crippen LogP contribution is 2.12. The smallest absolute Gasteiger partial charge is 0.106 e. The molecule has 0 aromatic heterocycles. The maximum absolute atomic E-state index is 4.81. The van der Waals surface area contributed by atoms with Crippen LogP contribution < -0.4 is 0 Å². The van der Waals surface area contributed by atoms with E-state index in [-0.39, 0.29) is 0 Å². The van der Waals surface area contributed by atoms with Gasteiger partial charge in [-0.3, -0.25) is 0 Å². The van der Waals surface area contributed by atoms with Gasteiger partial charge in [0.1, 0.15) is 7.11 Å². The van der Waals surface area contributed by atoms with E-state index >= 15 is 0 Å². The number of oxime groups is 1. The summed E-state index contributed by atoms with van der Waals surface area (Å²) >= 11 is 0. The van der Waals surface area contributed by atoms with Crippen molar-refractivity contribution in [3.8, 4) is 0 Å². The van der Waals surface area contributed by atoms with Gasteiger partial charge in [0.2, 0.25) is 0 Å². The SMILES string of the molecule is CC/C(=N\OC)c1ccc(C)c(C)c1. The Bertz CT molecular complexity index is 342. The standard InChI is InChI=1S/C12H17NO/c1-5-12(13-14-4)11-7-6-9(2)10(3)8-11/h6-8H,5H2,1-4H3/b13-12+. The summed E-state index contributed by atoms with van der Waals surface area (Å²) in [7, 11) is 1.58. The maximum atomic E-state index is 4.81. The van der Waals surface area contributed by atoms with Crippen LogP contribution in [0.25, 0.3) is 0 Å². The zero-order valence-electron chi connectivity index (χ0n) is 9.29. The minimum absolute atomic E-state index is 0.885. The summed E-state index contributed by atoms with van der Waals surface area (Å²) in [6.07, 6.45) is 0.885. The number of hydrogen-bond donors (Lipinski definition) is 0. The molecule has 1 rings (SSSR count). The van der Waals surface area contributed by atoms with E-state index in [9.17, 15) is 0 Å². The first-order valence-corrected chi connectivity index (χ1v) is 4.86. The number of benzene rings is 1. The fraction of sp³-hybridized carbons (Fsp3) is 0.417. The molecule has 76 valence electrons. The van der Waals surface area contributed by atoms with Crippen molar-refractivity contribution in [2.75, 3.05) is 7.11 Å². The van der Waals surface area contributed by atoms with Crippen molar-refractivity contribution in [1.82, 2.24) is 0 Å². The lowest BCUT2D eigenvalue weighted by molar-refractivity contribution is 0.213. The minimum atomic E-state index is 0.885. The lowest BCUT2D eigenvalue weighted by atomic mass is 10.0. The van der Waals surface area contributed by atoms with Crippen LogP contribution in [0.15, 0.2) is 23.4 Å². The fourth-order valence-electron chi connectivity index (χ4n) is 1.35. The van der Waals surface area contributed by atoms with Crippen LogP contribution >= 0.6 is 0 Å². The molecule has 0 N–H and O–H groups in total. The van der Waals surface area contributed by atoms with Crippen LogP contribution in [0.4, 0.5) is 0 Å². The van der Waals surface area contributed by atoms with Gasteiger partial charge in [-0.25, -0.2) is 0 Å². The van der Waals surface area contributed by atoms with Gasteiger partial charge in [0, 0.05) is 0 Å². The summed E-state index contributed by atoms with van der Waals surface area (Å²) < 4.78 is 0. The molecule has 0 saturated carbocycles. The third kappa shape index (κ3) is 2.34. The van der Waals surface area contributed by atoms with Crippen LogP contribution in [0, 0.1) is 13.8 Å². The Morgan fingerprint density at radius 1 is 1.29 bits per heavy atom. The number of nitrogens with zero attached hydrogens (tertiary/aromatic N) is 1. The van der Waals surface area contributed by atoms with E-state index in [2.05, 4.69) is 44.1 Å². The van der Waals surface area contributed by atoms with Gasteiger partial charge in [-0.2, -0.15) is 0 Å². The molecule has 0 aliphatic carbocycles. The van der Waals surface area contributed by atoms with Gasteiger partial charge in [-0.15, -0.1) is 0 Å². The van der Waals surface area contributed by atoms with Crippen molar-refractivity contribution in [3.63, 3.8) is 0 Å². The molecule has 2 heteroatoms.